The van der Waals surface area contributed by atoms with Crippen molar-refractivity contribution in [3.63, 3.8) is 0 Å². The summed E-state index contributed by atoms with van der Waals surface area (Å²) in [7, 11) is -2.34. The molecule has 2 aliphatic rings. The molecular weight excluding hydrogens is 660 g/mol. The van der Waals surface area contributed by atoms with Crippen molar-refractivity contribution in [1.82, 2.24) is 0 Å². The van der Waals surface area contributed by atoms with E-state index in [2.05, 4.69) is 4.18 Å². The van der Waals surface area contributed by atoms with Crippen LogP contribution in [-0.4, -0.2) is 95.1 Å². The van der Waals surface area contributed by atoms with Crippen LogP contribution in [0.15, 0.2) is 60.7 Å². The molecule has 0 amide bonds. The first-order valence-corrected chi connectivity index (χ1v) is 17.6. The SMILES string of the molecule is COCOc1cc(OCC(O)COS(C)(=O)=O)cc2c1C(=O)O[C@@H](C)[C@H](C)/C=C\C(OC(=O)c1ccccc1)[C@H]1OC(C)(C)O[C@H]1C/C=C/2. The number of rotatable bonds is 11. The minimum absolute atomic E-state index is 0.0979. The minimum atomic E-state index is -3.76. The molecule has 1 N–H and O–H groups in total. The van der Waals surface area contributed by atoms with E-state index in [0.717, 1.165) is 6.26 Å². The molecule has 6 atom stereocenters. The second kappa shape index (κ2) is 16.7. The van der Waals surface area contributed by atoms with Crippen LogP contribution in [0.25, 0.3) is 6.08 Å². The van der Waals surface area contributed by atoms with Crippen molar-refractivity contribution < 1.29 is 60.5 Å². The Labute approximate surface area is 286 Å². The Bertz CT molecular complexity index is 1600. The molecule has 49 heavy (non-hydrogen) atoms. The van der Waals surface area contributed by atoms with E-state index < -0.39 is 65.0 Å². The van der Waals surface area contributed by atoms with E-state index in [1.165, 1.54) is 13.2 Å². The summed E-state index contributed by atoms with van der Waals surface area (Å²) in [4.78, 5) is 26.9. The molecule has 1 fully saturated rings. The number of methoxy groups -OCH3 is 1. The molecule has 2 aromatic rings. The van der Waals surface area contributed by atoms with Crippen LogP contribution in [0.1, 0.15) is 60.4 Å². The molecule has 14 heteroatoms. The first kappa shape index (κ1) is 38.0. The average molecular weight is 705 g/mol. The number of cyclic esters (lactones) is 1. The molecule has 0 saturated carbocycles. The van der Waals surface area contributed by atoms with E-state index in [-0.39, 0.29) is 36.4 Å². The van der Waals surface area contributed by atoms with Gasteiger partial charge in [-0.1, -0.05) is 43.4 Å². The Morgan fingerprint density at radius 2 is 1.80 bits per heavy atom. The van der Waals surface area contributed by atoms with Crippen molar-refractivity contribution in [2.75, 3.05) is 33.4 Å². The third-order valence-electron chi connectivity index (χ3n) is 7.66. The maximum atomic E-state index is 13.7. The Balaban J connectivity index is 1.70. The first-order valence-electron chi connectivity index (χ1n) is 15.8. The van der Waals surface area contributed by atoms with Gasteiger partial charge in [0.1, 0.15) is 48.1 Å². The highest BCUT2D eigenvalue weighted by atomic mass is 32.2. The van der Waals surface area contributed by atoms with Crippen LogP contribution in [0.3, 0.4) is 0 Å². The number of ether oxygens (including phenoxy) is 7. The van der Waals surface area contributed by atoms with Gasteiger partial charge >= 0.3 is 11.9 Å². The van der Waals surface area contributed by atoms with Gasteiger partial charge in [0, 0.05) is 19.1 Å². The quantitative estimate of drug-likeness (QED) is 0.153. The van der Waals surface area contributed by atoms with E-state index in [0.29, 0.717) is 17.5 Å². The second-order valence-electron chi connectivity index (χ2n) is 12.3. The van der Waals surface area contributed by atoms with Gasteiger partial charge in [-0.05, 0) is 57.0 Å². The van der Waals surface area contributed by atoms with Crippen molar-refractivity contribution in [3.05, 3.63) is 77.4 Å². The highest BCUT2D eigenvalue weighted by molar-refractivity contribution is 7.85. The zero-order valence-electron chi connectivity index (χ0n) is 28.4. The highest BCUT2D eigenvalue weighted by Gasteiger charge is 2.45. The Hall–Kier alpha value is -3.79. The van der Waals surface area contributed by atoms with Gasteiger partial charge in [-0.3, -0.25) is 4.18 Å². The molecule has 2 unspecified atom stereocenters. The lowest BCUT2D eigenvalue weighted by atomic mass is 9.98. The lowest BCUT2D eigenvalue weighted by Crippen LogP contribution is -2.37. The molecule has 4 rings (SSSR count). The predicted molar refractivity (Wildman–Crippen MR) is 178 cm³/mol. The van der Waals surface area contributed by atoms with Crippen LogP contribution in [0.5, 0.6) is 11.5 Å². The van der Waals surface area contributed by atoms with Gasteiger partial charge in [-0.2, -0.15) is 8.42 Å². The topological polar surface area (TPSA) is 162 Å². The molecule has 0 spiro atoms. The largest absolute Gasteiger partial charge is 0.491 e. The van der Waals surface area contributed by atoms with Gasteiger partial charge in [0.05, 0.1) is 24.5 Å². The predicted octanol–water partition coefficient (Wildman–Crippen LogP) is 4.29. The number of hydrogen-bond acceptors (Lipinski definition) is 13. The van der Waals surface area contributed by atoms with Gasteiger partial charge in [0.25, 0.3) is 10.1 Å². The zero-order valence-corrected chi connectivity index (χ0v) is 29.2. The van der Waals surface area contributed by atoms with E-state index in [9.17, 15) is 23.1 Å². The second-order valence-corrected chi connectivity index (χ2v) is 13.9. The fourth-order valence-electron chi connectivity index (χ4n) is 5.13. The third-order valence-corrected chi connectivity index (χ3v) is 8.23. The molecule has 0 aliphatic carbocycles. The Kier molecular flexibility index (Phi) is 13.0. The van der Waals surface area contributed by atoms with Crippen molar-refractivity contribution in [2.24, 2.45) is 5.92 Å². The molecule has 1 saturated heterocycles. The van der Waals surface area contributed by atoms with E-state index in [4.69, 9.17) is 33.2 Å². The summed E-state index contributed by atoms with van der Waals surface area (Å²) < 4.78 is 68.3. The number of hydrogen-bond donors (Lipinski definition) is 1. The van der Waals surface area contributed by atoms with Crippen molar-refractivity contribution in [3.8, 4) is 11.5 Å². The third kappa shape index (κ3) is 11.1. The smallest absolute Gasteiger partial charge is 0.342 e. The first-order chi connectivity index (χ1) is 23.2. The van der Waals surface area contributed by atoms with Gasteiger partial charge in [0.15, 0.2) is 12.6 Å². The Morgan fingerprint density at radius 1 is 1.06 bits per heavy atom. The van der Waals surface area contributed by atoms with Crippen LogP contribution >= 0.6 is 0 Å². The number of carbonyl (C=O) groups excluding carboxylic acids is 2. The normalized spacial score (nSPS) is 25.9. The molecular formula is C35H44O13S. The molecule has 0 bridgehead atoms. The number of carbonyl (C=O) groups is 2. The van der Waals surface area contributed by atoms with Gasteiger partial charge in [0.2, 0.25) is 0 Å². The summed E-state index contributed by atoms with van der Waals surface area (Å²) in [5.74, 6) is -2.19. The fraction of sp³-hybridized carbons (Fsp3) is 0.486. The molecule has 0 aromatic heterocycles. The number of fused-ring (bicyclic) bond motifs is 2. The molecule has 2 heterocycles. The van der Waals surface area contributed by atoms with Gasteiger partial charge in [-0.25, -0.2) is 9.59 Å². The van der Waals surface area contributed by atoms with Gasteiger partial charge in [-0.15, -0.1) is 0 Å². The highest BCUT2D eigenvalue weighted by Crippen LogP contribution is 2.36. The van der Waals surface area contributed by atoms with E-state index in [1.54, 1.807) is 69.3 Å². The fourth-order valence-corrected chi connectivity index (χ4v) is 5.54. The van der Waals surface area contributed by atoms with Crippen molar-refractivity contribution >= 4 is 28.1 Å². The van der Waals surface area contributed by atoms with Crippen molar-refractivity contribution in [1.29, 1.82) is 0 Å². The molecule has 2 aromatic carbocycles. The molecule has 0 radical (unpaired) electrons. The summed E-state index contributed by atoms with van der Waals surface area (Å²) in [6.45, 7) is 6.15. The number of aliphatic hydroxyl groups excluding tert-OH is 1. The van der Waals surface area contributed by atoms with Crippen LogP contribution in [0.4, 0.5) is 0 Å². The summed E-state index contributed by atoms with van der Waals surface area (Å²) in [6.07, 6.45) is 4.23. The minimum Gasteiger partial charge on any atom is -0.491 e. The number of esters is 2. The van der Waals surface area contributed by atoms with Gasteiger partial charge < -0.3 is 38.3 Å². The summed E-state index contributed by atoms with van der Waals surface area (Å²) in [5.41, 5.74) is 0.860. The van der Waals surface area contributed by atoms with E-state index in [1.807, 2.05) is 19.1 Å². The monoisotopic (exact) mass is 704 g/mol. The average Bonchev–Trinajstić information content (AvgIpc) is 3.36. The summed E-state index contributed by atoms with van der Waals surface area (Å²) >= 11 is 0. The van der Waals surface area contributed by atoms with Crippen molar-refractivity contribution in [2.45, 2.75) is 70.4 Å². The Morgan fingerprint density at radius 3 is 2.49 bits per heavy atom. The summed E-state index contributed by atoms with van der Waals surface area (Å²) in [6, 6.07) is 11.7. The van der Waals surface area contributed by atoms with Crippen LogP contribution < -0.4 is 9.47 Å². The summed E-state index contributed by atoms with van der Waals surface area (Å²) in [5, 5.41) is 10.2. The standard InChI is InChI=1S/C35H44O13S/c1-22-15-16-28(46-33(37)24-11-8-7-9-12-24)32-29(47-35(3,4)48-32)14-10-13-25-17-27(42-19-26(36)20-44-49(6,39)40)18-30(43-21-41-5)31(25)34(38)45-23(22)2/h7-13,15-18,22-23,26,28-29,32,36H,14,19-21H2,1-6H3/b13-10+,16-15-/t22-,23+,26?,28?,29+,32-/m1/s1. The van der Waals surface area contributed by atoms with Crippen LogP contribution in [0, 0.1) is 5.92 Å². The molecule has 2 aliphatic heterocycles. The maximum Gasteiger partial charge on any atom is 0.342 e. The van der Waals surface area contributed by atoms with Crippen LogP contribution in [0.2, 0.25) is 0 Å². The van der Waals surface area contributed by atoms with Crippen LogP contribution in [-0.2, 0) is 38.0 Å². The number of aliphatic hydroxyl groups is 1. The number of benzene rings is 2. The molecule has 13 nitrogen and oxygen atoms in total. The van der Waals surface area contributed by atoms with E-state index >= 15 is 0 Å². The zero-order chi connectivity index (χ0) is 35.8. The maximum absolute atomic E-state index is 13.7. The lowest BCUT2D eigenvalue weighted by molar-refractivity contribution is -0.152. The lowest BCUT2D eigenvalue weighted by Gasteiger charge is -2.26. The molecule has 268 valence electrons.